The lowest BCUT2D eigenvalue weighted by Crippen LogP contribution is -2.37. The molecule has 2 aliphatic heterocycles. The molecule has 20 heavy (non-hydrogen) atoms. The first-order valence-electron chi connectivity index (χ1n) is 5.84. The number of rotatable bonds is 5. The molecule has 2 rings (SSSR count). The lowest BCUT2D eigenvalue weighted by molar-refractivity contribution is -0.134. The summed E-state index contributed by atoms with van der Waals surface area (Å²) in [7, 11) is 0. The monoisotopic (exact) mass is 280 g/mol. The second-order valence-electron chi connectivity index (χ2n) is 4.47. The van der Waals surface area contributed by atoms with Gasteiger partial charge in [-0.05, 0) is 0 Å². The molecule has 0 aromatic heterocycles. The molecule has 0 bridgehead atoms. The van der Waals surface area contributed by atoms with Crippen molar-refractivity contribution in [1.82, 2.24) is 9.80 Å². The predicted octanol–water partition coefficient (Wildman–Crippen LogP) is -1.31. The van der Waals surface area contributed by atoms with Gasteiger partial charge in [-0.3, -0.25) is 9.59 Å². The summed E-state index contributed by atoms with van der Waals surface area (Å²) in [5.41, 5.74) is 0.0131. The fourth-order valence-electron chi connectivity index (χ4n) is 2.02. The van der Waals surface area contributed by atoms with Gasteiger partial charge in [0.05, 0.1) is 24.2 Å². The highest BCUT2D eigenvalue weighted by Gasteiger charge is 2.28. The molecule has 0 saturated heterocycles. The highest BCUT2D eigenvalue weighted by Crippen LogP contribution is 2.13. The summed E-state index contributed by atoms with van der Waals surface area (Å²) in [6, 6.07) is 0. The molecular weight excluding hydrogens is 268 g/mol. The van der Waals surface area contributed by atoms with Crippen LogP contribution in [0.25, 0.3) is 0 Å². The largest absolute Gasteiger partial charge is 0.478 e. The SMILES string of the molecule is O=C(O)C1=CC(=O)N(CCN2CC(C(=O)O)=CC2=O)C1. The molecule has 2 amide bonds. The molecule has 8 heteroatoms. The lowest BCUT2D eigenvalue weighted by Gasteiger charge is -2.21. The minimum atomic E-state index is -1.15. The topological polar surface area (TPSA) is 115 Å². The number of carboxylic acid groups (broad SMARTS) is 2. The van der Waals surface area contributed by atoms with Gasteiger partial charge < -0.3 is 20.0 Å². The van der Waals surface area contributed by atoms with Crippen LogP contribution in [0.4, 0.5) is 0 Å². The third kappa shape index (κ3) is 2.68. The van der Waals surface area contributed by atoms with Crippen LogP contribution in [0.5, 0.6) is 0 Å². The number of amides is 2. The number of nitrogens with zero attached hydrogens (tertiary/aromatic N) is 2. The van der Waals surface area contributed by atoms with Gasteiger partial charge >= 0.3 is 11.9 Å². The molecule has 0 fully saturated rings. The van der Waals surface area contributed by atoms with E-state index in [4.69, 9.17) is 10.2 Å². The second kappa shape index (κ2) is 5.16. The Kier molecular flexibility index (Phi) is 3.55. The fourth-order valence-corrected chi connectivity index (χ4v) is 2.02. The van der Waals surface area contributed by atoms with Crippen LogP contribution in [0.3, 0.4) is 0 Å². The lowest BCUT2D eigenvalue weighted by atomic mass is 10.3. The zero-order valence-electron chi connectivity index (χ0n) is 10.4. The Morgan fingerprint density at radius 3 is 1.50 bits per heavy atom. The van der Waals surface area contributed by atoms with E-state index in [1.54, 1.807) is 0 Å². The number of carboxylic acids is 2. The molecule has 8 nitrogen and oxygen atoms in total. The van der Waals surface area contributed by atoms with E-state index in [9.17, 15) is 19.2 Å². The minimum absolute atomic E-state index is 0.00455. The van der Waals surface area contributed by atoms with E-state index in [0.29, 0.717) is 0 Å². The van der Waals surface area contributed by atoms with Crippen LogP contribution in [0.2, 0.25) is 0 Å². The summed E-state index contributed by atoms with van der Waals surface area (Å²) in [4.78, 5) is 47.1. The Morgan fingerprint density at radius 2 is 1.25 bits per heavy atom. The standard InChI is InChI=1S/C12H12N2O6/c15-9-3-7(11(17)18)5-13(9)1-2-14-6-8(12(19)20)4-10(14)16/h3-4H,1-2,5-6H2,(H,17,18)(H,19,20). The number of carbonyl (C=O) groups excluding carboxylic acids is 2. The van der Waals surface area contributed by atoms with Crippen molar-refractivity contribution in [3.8, 4) is 0 Å². The summed E-state index contributed by atoms with van der Waals surface area (Å²) in [6.07, 6.45) is 2.10. The van der Waals surface area contributed by atoms with Crippen LogP contribution in [0.1, 0.15) is 0 Å². The molecule has 2 aliphatic rings. The predicted molar refractivity (Wildman–Crippen MR) is 64.6 cm³/mol. The first kappa shape index (κ1) is 13.8. The molecule has 2 heterocycles. The van der Waals surface area contributed by atoms with E-state index < -0.39 is 23.8 Å². The first-order valence-corrected chi connectivity index (χ1v) is 5.84. The van der Waals surface area contributed by atoms with E-state index in [1.165, 1.54) is 9.80 Å². The maximum absolute atomic E-state index is 11.5. The Morgan fingerprint density at radius 1 is 0.900 bits per heavy atom. The van der Waals surface area contributed by atoms with Gasteiger partial charge in [0.25, 0.3) is 0 Å². The number of hydrogen-bond acceptors (Lipinski definition) is 4. The van der Waals surface area contributed by atoms with E-state index in [-0.39, 0.29) is 37.3 Å². The highest BCUT2D eigenvalue weighted by atomic mass is 16.4. The van der Waals surface area contributed by atoms with Crippen LogP contribution in [0.15, 0.2) is 23.3 Å². The molecule has 0 aromatic rings. The third-order valence-corrected chi connectivity index (χ3v) is 3.13. The molecular formula is C12H12N2O6. The summed E-state index contributed by atoms with van der Waals surface area (Å²) in [5, 5.41) is 17.6. The van der Waals surface area contributed by atoms with Crippen molar-refractivity contribution in [3.05, 3.63) is 23.3 Å². The highest BCUT2D eigenvalue weighted by molar-refractivity contribution is 6.02. The van der Waals surface area contributed by atoms with Crippen LogP contribution in [-0.2, 0) is 19.2 Å². The molecule has 0 spiro atoms. The van der Waals surface area contributed by atoms with E-state index in [2.05, 4.69) is 0 Å². The molecule has 2 N–H and O–H groups in total. The number of hydrogen-bond donors (Lipinski definition) is 2. The smallest absolute Gasteiger partial charge is 0.333 e. The van der Waals surface area contributed by atoms with Gasteiger partial charge in [0.15, 0.2) is 0 Å². The molecule has 0 atom stereocenters. The Labute approximate surface area is 113 Å². The Hall–Kier alpha value is -2.64. The molecule has 0 radical (unpaired) electrons. The molecule has 0 aliphatic carbocycles. The van der Waals surface area contributed by atoms with Crippen molar-refractivity contribution < 1.29 is 29.4 Å². The molecule has 0 unspecified atom stereocenters. The average Bonchev–Trinajstić information content (AvgIpc) is 2.91. The van der Waals surface area contributed by atoms with Crippen LogP contribution in [0, 0.1) is 0 Å². The van der Waals surface area contributed by atoms with E-state index >= 15 is 0 Å². The number of carbonyl (C=O) groups is 4. The fraction of sp³-hybridized carbons (Fsp3) is 0.333. The van der Waals surface area contributed by atoms with Crippen molar-refractivity contribution in [1.29, 1.82) is 0 Å². The van der Waals surface area contributed by atoms with E-state index in [0.717, 1.165) is 12.2 Å². The van der Waals surface area contributed by atoms with Crippen molar-refractivity contribution in [3.63, 3.8) is 0 Å². The maximum Gasteiger partial charge on any atom is 0.333 e. The summed E-state index contributed by atoms with van der Waals surface area (Å²) in [5.74, 6) is -3.12. The average molecular weight is 280 g/mol. The summed E-state index contributed by atoms with van der Waals surface area (Å²) in [6.45, 7) is 0.321. The molecule has 0 aromatic carbocycles. The van der Waals surface area contributed by atoms with Crippen LogP contribution >= 0.6 is 0 Å². The minimum Gasteiger partial charge on any atom is -0.478 e. The molecule has 0 saturated carbocycles. The Bertz CT molecular complexity index is 512. The van der Waals surface area contributed by atoms with Gasteiger partial charge in [0.2, 0.25) is 11.8 Å². The van der Waals surface area contributed by atoms with Gasteiger partial charge in [-0.15, -0.1) is 0 Å². The van der Waals surface area contributed by atoms with Crippen molar-refractivity contribution in [2.45, 2.75) is 0 Å². The van der Waals surface area contributed by atoms with Gasteiger partial charge in [-0.1, -0.05) is 0 Å². The quantitative estimate of drug-likeness (QED) is 0.646. The van der Waals surface area contributed by atoms with Crippen LogP contribution < -0.4 is 0 Å². The van der Waals surface area contributed by atoms with Crippen molar-refractivity contribution in [2.75, 3.05) is 26.2 Å². The normalized spacial score (nSPS) is 18.4. The van der Waals surface area contributed by atoms with Gasteiger partial charge in [-0.2, -0.15) is 0 Å². The summed E-state index contributed by atoms with van der Waals surface area (Å²) >= 11 is 0. The van der Waals surface area contributed by atoms with Gasteiger partial charge in [-0.25, -0.2) is 9.59 Å². The van der Waals surface area contributed by atoms with Crippen LogP contribution in [-0.4, -0.2) is 69.9 Å². The zero-order chi connectivity index (χ0) is 14.9. The third-order valence-electron chi connectivity index (χ3n) is 3.13. The van der Waals surface area contributed by atoms with Crippen molar-refractivity contribution in [2.24, 2.45) is 0 Å². The molecule has 106 valence electrons. The van der Waals surface area contributed by atoms with Gasteiger partial charge in [0, 0.05) is 25.2 Å². The second-order valence-corrected chi connectivity index (χ2v) is 4.47. The van der Waals surface area contributed by atoms with E-state index in [1.807, 2.05) is 0 Å². The van der Waals surface area contributed by atoms with Crippen molar-refractivity contribution >= 4 is 23.8 Å². The van der Waals surface area contributed by atoms with Gasteiger partial charge in [0.1, 0.15) is 0 Å². The maximum atomic E-state index is 11.5. The Balaban J connectivity index is 1.87. The summed E-state index contributed by atoms with van der Waals surface area (Å²) < 4.78 is 0. The first-order chi connectivity index (χ1) is 9.38. The zero-order valence-corrected chi connectivity index (χ0v) is 10.4. The number of aliphatic carboxylic acids is 2.